The van der Waals surface area contributed by atoms with Crippen LogP contribution in [0.2, 0.25) is 0 Å². The van der Waals surface area contributed by atoms with Gasteiger partial charge in [-0.1, -0.05) is 20.3 Å². The van der Waals surface area contributed by atoms with Gasteiger partial charge >= 0.3 is 0 Å². The summed E-state index contributed by atoms with van der Waals surface area (Å²) in [5.41, 5.74) is 0. The number of carbonyl (C=O) groups is 1. The fourth-order valence-electron chi connectivity index (χ4n) is 1.22. The third-order valence-corrected chi connectivity index (χ3v) is 2.48. The Hall–Kier alpha value is -0.100. The first kappa shape index (κ1) is 12.9. The summed E-state index contributed by atoms with van der Waals surface area (Å²) < 4.78 is 0. The van der Waals surface area contributed by atoms with Gasteiger partial charge in [-0.3, -0.25) is 4.79 Å². The van der Waals surface area contributed by atoms with Crippen molar-refractivity contribution < 1.29 is 4.79 Å². The maximum atomic E-state index is 11.4. The molecule has 1 amide bonds. The zero-order valence-electron chi connectivity index (χ0n) is 8.88. The first-order valence-corrected chi connectivity index (χ1v) is 6.05. The number of hydrogen-bond acceptors (Lipinski definition) is 1. The zero-order valence-corrected chi connectivity index (χ0v) is 10.0. The molecule has 0 N–H and O–H groups in total. The lowest BCUT2D eigenvalue weighted by molar-refractivity contribution is -0.130. The Morgan fingerprint density at radius 1 is 1.23 bits per heavy atom. The Morgan fingerprint density at radius 2 is 1.85 bits per heavy atom. The standard InChI is InChI=1S/C10H22NOP/c1-3-5-7-11(8-6-9-13)10(12)4-2/h3-9,13H2,1-2H3. The number of amides is 1. The van der Waals surface area contributed by atoms with E-state index in [4.69, 9.17) is 0 Å². The molecule has 13 heavy (non-hydrogen) atoms. The van der Waals surface area contributed by atoms with Crippen molar-refractivity contribution in [3.63, 3.8) is 0 Å². The van der Waals surface area contributed by atoms with Crippen LogP contribution in [-0.4, -0.2) is 30.1 Å². The largest absolute Gasteiger partial charge is 0.343 e. The monoisotopic (exact) mass is 203 g/mol. The summed E-state index contributed by atoms with van der Waals surface area (Å²) >= 11 is 0. The van der Waals surface area contributed by atoms with Crippen molar-refractivity contribution in [2.75, 3.05) is 19.3 Å². The molecule has 0 fully saturated rings. The van der Waals surface area contributed by atoms with Crippen LogP contribution in [0.15, 0.2) is 0 Å². The molecular formula is C10H22NOP. The molecule has 0 saturated heterocycles. The van der Waals surface area contributed by atoms with Crippen LogP contribution in [0, 0.1) is 0 Å². The van der Waals surface area contributed by atoms with Gasteiger partial charge in [0.25, 0.3) is 0 Å². The topological polar surface area (TPSA) is 20.3 Å². The van der Waals surface area contributed by atoms with Gasteiger partial charge in [0.1, 0.15) is 0 Å². The van der Waals surface area contributed by atoms with Crippen molar-refractivity contribution in [2.45, 2.75) is 39.5 Å². The Balaban J connectivity index is 3.79. The van der Waals surface area contributed by atoms with Gasteiger partial charge in [-0.15, -0.1) is 9.24 Å². The summed E-state index contributed by atoms with van der Waals surface area (Å²) in [4.78, 5) is 13.4. The number of nitrogens with zero attached hydrogens (tertiary/aromatic N) is 1. The normalized spacial score (nSPS) is 10.1. The predicted octanol–water partition coefficient (Wildman–Crippen LogP) is 2.29. The van der Waals surface area contributed by atoms with E-state index in [9.17, 15) is 4.79 Å². The molecule has 0 heterocycles. The van der Waals surface area contributed by atoms with Gasteiger partial charge in [-0.2, -0.15) is 0 Å². The minimum atomic E-state index is 0.298. The minimum absolute atomic E-state index is 0.298. The summed E-state index contributed by atoms with van der Waals surface area (Å²) in [7, 11) is 2.70. The number of rotatable bonds is 7. The second kappa shape index (κ2) is 8.50. The zero-order chi connectivity index (χ0) is 10.1. The van der Waals surface area contributed by atoms with Crippen LogP contribution >= 0.6 is 9.24 Å². The first-order valence-electron chi connectivity index (χ1n) is 5.24. The van der Waals surface area contributed by atoms with E-state index in [2.05, 4.69) is 16.2 Å². The molecule has 0 radical (unpaired) electrons. The van der Waals surface area contributed by atoms with Gasteiger partial charge in [-0.25, -0.2) is 0 Å². The van der Waals surface area contributed by atoms with Crippen molar-refractivity contribution in [1.82, 2.24) is 4.90 Å². The van der Waals surface area contributed by atoms with E-state index in [1.165, 1.54) is 0 Å². The van der Waals surface area contributed by atoms with Crippen molar-refractivity contribution in [3.05, 3.63) is 0 Å². The molecule has 0 aromatic heterocycles. The number of carbonyl (C=O) groups excluding carboxylic acids is 1. The molecule has 0 aromatic rings. The third kappa shape index (κ3) is 6.04. The molecule has 0 spiro atoms. The van der Waals surface area contributed by atoms with E-state index in [1.54, 1.807) is 0 Å². The maximum absolute atomic E-state index is 11.4. The van der Waals surface area contributed by atoms with Gasteiger partial charge in [0, 0.05) is 19.5 Å². The molecule has 2 nitrogen and oxygen atoms in total. The summed E-state index contributed by atoms with van der Waals surface area (Å²) in [6, 6.07) is 0. The summed E-state index contributed by atoms with van der Waals surface area (Å²) in [5, 5.41) is 0. The number of hydrogen-bond donors (Lipinski definition) is 0. The Morgan fingerprint density at radius 3 is 2.31 bits per heavy atom. The van der Waals surface area contributed by atoms with E-state index >= 15 is 0 Å². The lowest BCUT2D eigenvalue weighted by Gasteiger charge is -2.21. The lowest BCUT2D eigenvalue weighted by atomic mass is 10.3. The van der Waals surface area contributed by atoms with Crippen LogP contribution in [-0.2, 0) is 4.79 Å². The Bertz CT molecular complexity index is 131. The first-order chi connectivity index (χ1) is 6.26. The van der Waals surface area contributed by atoms with Crippen LogP contribution in [0.4, 0.5) is 0 Å². The summed E-state index contributed by atoms with van der Waals surface area (Å²) in [6.45, 7) is 5.95. The van der Waals surface area contributed by atoms with Crippen LogP contribution in [0.1, 0.15) is 39.5 Å². The van der Waals surface area contributed by atoms with Gasteiger partial charge < -0.3 is 4.90 Å². The fraction of sp³-hybridized carbons (Fsp3) is 0.900. The average molecular weight is 203 g/mol. The van der Waals surface area contributed by atoms with Gasteiger partial charge in [0.05, 0.1) is 0 Å². The molecule has 1 unspecified atom stereocenters. The van der Waals surface area contributed by atoms with E-state index in [-0.39, 0.29) is 0 Å². The predicted molar refractivity (Wildman–Crippen MR) is 61.0 cm³/mol. The van der Waals surface area contributed by atoms with Crippen LogP contribution in [0.25, 0.3) is 0 Å². The van der Waals surface area contributed by atoms with Crippen LogP contribution in [0.5, 0.6) is 0 Å². The smallest absolute Gasteiger partial charge is 0.222 e. The van der Waals surface area contributed by atoms with Crippen LogP contribution < -0.4 is 0 Å². The minimum Gasteiger partial charge on any atom is -0.343 e. The van der Waals surface area contributed by atoms with Crippen molar-refractivity contribution in [2.24, 2.45) is 0 Å². The molecular weight excluding hydrogens is 181 g/mol. The quantitative estimate of drug-likeness (QED) is 0.581. The highest BCUT2D eigenvalue weighted by molar-refractivity contribution is 7.16. The van der Waals surface area contributed by atoms with Crippen molar-refractivity contribution in [1.29, 1.82) is 0 Å². The van der Waals surface area contributed by atoms with Crippen molar-refractivity contribution >= 4 is 15.1 Å². The highest BCUT2D eigenvalue weighted by atomic mass is 31.0. The molecule has 0 aliphatic rings. The Kier molecular flexibility index (Phi) is 8.43. The number of unbranched alkanes of at least 4 members (excludes halogenated alkanes) is 1. The summed E-state index contributed by atoms with van der Waals surface area (Å²) in [6.07, 6.45) is 5.11. The highest BCUT2D eigenvalue weighted by Crippen LogP contribution is 2.01. The molecule has 3 heteroatoms. The average Bonchev–Trinajstić information content (AvgIpc) is 2.17. The maximum Gasteiger partial charge on any atom is 0.222 e. The van der Waals surface area contributed by atoms with Gasteiger partial charge in [-0.05, 0) is 19.0 Å². The second-order valence-corrected chi connectivity index (χ2v) is 3.81. The molecule has 0 aromatic carbocycles. The molecule has 0 aliphatic carbocycles. The molecule has 0 saturated carbocycles. The van der Waals surface area contributed by atoms with E-state index < -0.39 is 0 Å². The lowest BCUT2D eigenvalue weighted by Crippen LogP contribution is -2.32. The molecule has 0 aliphatic heterocycles. The third-order valence-electron chi connectivity index (χ3n) is 2.07. The highest BCUT2D eigenvalue weighted by Gasteiger charge is 2.08. The molecule has 0 rings (SSSR count). The molecule has 78 valence electrons. The SMILES string of the molecule is CCCCN(CCCP)C(=O)CC. The van der Waals surface area contributed by atoms with E-state index in [0.717, 1.165) is 38.5 Å². The van der Waals surface area contributed by atoms with Crippen molar-refractivity contribution in [3.8, 4) is 0 Å². The second-order valence-electron chi connectivity index (χ2n) is 3.23. The fourth-order valence-corrected chi connectivity index (χ4v) is 1.40. The van der Waals surface area contributed by atoms with E-state index in [1.807, 2.05) is 11.8 Å². The molecule has 0 bridgehead atoms. The van der Waals surface area contributed by atoms with Gasteiger partial charge in [0.15, 0.2) is 0 Å². The van der Waals surface area contributed by atoms with E-state index in [0.29, 0.717) is 12.3 Å². The van der Waals surface area contributed by atoms with Crippen LogP contribution in [0.3, 0.4) is 0 Å². The van der Waals surface area contributed by atoms with Gasteiger partial charge in [0.2, 0.25) is 5.91 Å². The summed E-state index contributed by atoms with van der Waals surface area (Å²) in [5.74, 6) is 0.298. The Labute approximate surface area is 84.3 Å². The molecule has 1 atom stereocenters.